The standard InChI is InChI=1S/C23H23NO3/c1-26-22-10-6-5-7-19(22)15-16-24-23(25)20-13-11-18(12-14-20)17-27-21-8-3-2-4-9-21/h2-14H,15-17H2,1H3,(H,24,25). The molecule has 138 valence electrons. The van der Waals surface area contributed by atoms with Crippen LogP contribution in [0.2, 0.25) is 0 Å². The summed E-state index contributed by atoms with van der Waals surface area (Å²) in [5.41, 5.74) is 2.73. The first-order valence-electron chi connectivity index (χ1n) is 8.93. The zero-order chi connectivity index (χ0) is 18.9. The van der Waals surface area contributed by atoms with E-state index in [1.54, 1.807) is 7.11 Å². The lowest BCUT2D eigenvalue weighted by molar-refractivity contribution is 0.0954. The lowest BCUT2D eigenvalue weighted by Gasteiger charge is -2.10. The van der Waals surface area contributed by atoms with Gasteiger partial charge in [-0.05, 0) is 47.9 Å². The lowest BCUT2D eigenvalue weighted by atomic mass is 10.1. The van der Waals surface area contributed by atoms with Crippen molar-refractivity contribution in [3.63, 3.8) is 0 Å². The van der Waals surface area contributed by atoms with Crippen molar-refractivity contribution in [1.29, 1.82) is 0 Å². The second-order valence-electron chi connectivity index (χ2n) is 6.12. The second kappa shape index (κ2) is 9.43. The van der Waals surface area contributed by atoms with Gasteiger partial charge in [0.25, 0.3) is 5.91 Å². The maximum Gasteiger partial charge on any atom is 0.251 e. The van der Waals surface area contributed by atoms with Crippen LogP contribution in [-0.4, -0.2) is 19.6 Å². The molecule has 0 bridgehead atoms. The van der Waals surface area contributed by atoms with Gasteiger partial charge in [-0.1, -0.05) is 48.5 Å². The molecule has 1 amide bonds. The molecule has 0 radical (unpaired) electrons. The van der Waals surface area contributed by atoms with Crippen LogP contribution in [0.1, 0.15) is 21.5 Å². The van der Waals surface area contributed by atoms with E-state index in [-0.39, 0.29) is 5.91 Å². The summed E-state index contributed by atoms with van der Waals surface area (Å²) in [5.74, 6) is 1.59. The van der Waals surface area contributed by atoms with Crippen LogP contribution in [0.3, 0.4) is 0 Å². The van der Waals surface area contributed by atoms with E-state index in [1.807, 2.05) is 78.9 Å². The van der Waals surface area contributed by atoms with Gasteiger partial charge in [0, 0.05) is 12.1 Å². The van der Waals surface area contributed by atoms with Crippen LogP contribution in [0, 0.1) is 0 Å². The molecule has 0 atom stereocenters. The fourth-order valence-electron chi connectivity index (χ4n) is 2.76. The smallest absolute Gasteiger partial charge is 0.251 e. The van der Waals surface area contributed by atoms with Crippen LogP contribution in [-0.2, 0) is 13.0 Å². The number of carbonyl (C=O) groups excluding carboxylic acids is 1. The van der Waals surface area contributed by atoms with Gasteiger partial charge in [0.05, 0.1) is 7.11 Å². The van der Waals surface area contributed by atoms with Gasteiger partial charge in [-0.25, -0.2) is 0 Å². The Bertz CT molecular complexity index is 860. The molecule has 4 nitrogen and oxygen atoms in total. The molecule has 3 rings (SSSR count). The molecule has 0 aliphatic heterocycles. The average Bonchev–Trinajstić information content (AvgIpc) is 2.73. The van der Waals surface area contributed by atoms with Crippen LogP contribution in [0.4, 0.5) is 0 Å². The molecule has 0 saturated carbocycles. The fraction of sp³-hybridized carbons (Fsp3) is 0.174. The van der Waals surface area contributed by atoms with E-state index in [1.165, 1.54) is 0 Å². The predicted octanol–water partition coefficient (Wildman–Crippen LogP) is 4.25. The van der Waals surface area contributed by atoms with E-state index in [2.05, 4.69) is 5.32 Å². The third kappa shape index (κ3) is 5.35. The molecule has 0 aromatic heterocycles. The molecule has 0 aliphatic rings. The van der Waals surface area contributed by atoms with Gasteiger partial charge < -0.3 is 14.8 Å². The summed E-state index contributed by atoms with van der Waals surface area (Å²) in [7, 11) is 1.65. The number of para-hydroxylation sites is 2. The first-order chi connectivity index (χ1) is 13.3. The van der Waals surface area contributed by atoms with E-state index < -0.39 is 0 Å². The maximum absolute atomic E-state index is 12.3. The first-order valence-corrected chi connectivity index (χ1v) is 8.93. The Morgan fingerprint density at radius 3 is 2.33 bits per heavy atom. The van der Waals surface area contributed by atoms with Crippen molar-refractivity contribution in [2.75, 3.05) is 13.7 Å². The minimum absolute atomic E-state index is 0.0829. The minimum atomic E-state index is -0.0829. The molecule has 27 heavy (non-hydrogen) atoms. The normalized spacial score (nSPS) is 10.3. The molecule has 4 heteroatoms. The van der Waals surface area contributed by atoms with Crippen molar-refractivity contribution >= 4 is 5.91 Å². The molecular formula is C23H23NO3. The van der Waals surface area contributed by atoms with Crippen molar-refractivity contribution in [2.45, 2.75) is 13.0 Å². The Kier molecular flexibility index (Phi) is 6.47. The number of methoxy groups -OCH3 is 1. The van der Waals surface area contributed by atoms with E-state index >= 15 is 0 Å². The number of nitrogens with one attached hydrogen (secondary N) is 1. The summed E-state index contributed by atoms with van der Waals surface area (Å²) in [6.07, 6.45) is 0.721. The Hall–Kier alpha value is -3.27. The number of ether oxygens (including phenoxy) is 2. The molecule has 0 fully saturated rings. The Labute approximate surface area is 159 Å². The van der Waals surface area contributed by atoms with E-state index in [4.69, 9.17) is 9.47 Å². The highest BCUT2D eigenvalue weighted by molar-refractivity contribution is 5.94. The topological polar surface area (TPSA) is 47.6 Å². The van der Waals surface area contributed by atoms with E-state index in [0.29, 0.717) is 18.7 Å². The number of benzene rings is 3. The monoisotopic (exact) mass is 361 g/mol. The highest BCUT2D eigenvalue weighted by atomic mass is 16.5. The minimum Gasteiger partial charge on any atom is -0.496 e. The largest absolute Gasteiger partial charge is 0.496 e. The summed E-state index contributed by atoms with van der Waals surface area (Å²) in [6.45, 7) is 1.03. The van der Waals surface area contributed by atoms with Gasteiger partial charge in [0.15, 0.2) is 0 Å². The Morgan fingerprint density at radius 2 is 1.59 bits per heavy atom. The van der Waals surface area contributed by atoms with Crippen LogP contribution in [0.15, 0.2) is 78.9 Å². The molecule has 3 aromatic rings. The van der Waals surface area contributed by atoms with Crippen LogP contribution in [0.25, 0.3) is 0 Å². The van der Waals surface area contributed by atoms with Crippen LogP contribution in [0.5, 0.6) is 11.5 Å². The van der Waals surface area contributed by atoms with Gasteiger partial charge in [0.1, 0.15) is 18.1 Å². The zero-order valence-corrected chi connectivity index (χ0v) is 15.4. The average molecular weight is 361 g/mol. The molecular weight excluding hydrogens is 338 g/mol. The van der Waals surface area contributed by atoms with Gasteiger partial charge >= 0.3 is 0 Å². The molecule has 0 spiro atoms. The number of carbonyl (C=O) groups is 1. The highest BCUT2D eigenvalue weighted by Crippen LogP contribution is 2.17. The van der Waals surface area contributed by atoms with Crippen LogP contribution < -0.4 is 14.8 Å². The third-order valence-electron chi connectivity index (χ3n) is 4.24. The first kappa shape index (κ1) is 18.5. The number of amides is 1. The summed E-state index contributed by atoms with van der Waals surface area (Å²) in [4.78, 5) is 12.3. The van der Waals surface area contributed by atoms with Gasteiger partial charge in [-0.2, -0.15) is 0 Å². The molecule has 0 aliphatic carbocycles. The SMILES string of the molecule is COc1ccccc1CCNC(=O)c1ccc(COc2ccccc2)cc1. The van der Waals surface area contributed by atoms with Crippen molar-refractivity contribution in [2.24, 2.45) is 0 Å². The molecule has 3 aromatic carbocycles. The molecule has 0 saturated heterocycles. The second-order valence-corrected chi connectivity index (χ2v) is 6.12. The Balaban J connectivity index is 1.48. The number of hydrogen-bond donors (Lipinski definition) is 1. The lowest BCUT2D eigenvalue weighted by Crippen LogP contribution is -2.25. The van der Waals surface area contributed by atoms with E-state index in [9.17, 15) is 4.79 Å². The Morgan fingerprint density at radius 1 is 0.889 bits per heavy atom. The van der Waals surface area contributed by atoms with Gasteiger partial charge in [0.2, 0.25) is 0 Å². The quantitative estimate of drug-likeness (QED) is 0.653. The maximum atomic E-state index is 12.3. The zero-order valence-electron chi connectivity index (χ0n) is 15.4. The third-order valence-corrected chi connectivity index (χ3v) is 4.24. The number of hydrogen-bond acceptors (Lipinski definition) is 3. The molecule has 0 heterocycles. The van der Waals surface area contributed by atoms with Crippen molar-refractivity contribution < 1.29 is 14.3 Å². The predicted molar refractivity (Wildman–Crippen MR) is 106 cm³/mol. The summed E-state index contributed by atoms with van der Waals surface area (Å²) in [6, 6.07) is 25.0. The highest BCUT2D eigenvalue weighted by Gasteiger charge is 2.07. The molecule has 1 N–H and O–H groups in total. The number of rotatable bonds is 8. The fourth-order valence-corrected chi connectivity index (χ4v) is 2.76. The van der Waals surface area contributed by atoms with Crippen molar-refractivity contribution in [1.82, 2.24) is 5.32 Å². The summed E-state index contributed by atoms with van der Waals surface area (Å²) < 4.78 is 11.0. The van der Waals surface area contributed by atoms with Crippen molar-refractivity contribution in [3.05, 3.63) is 95.6 Å². The molecule has 0 unspecified atom stereocenters. The van der Waals surface area contributed by atoms with Crippen LogP contribution >= 0.6 is 0 Å². The summed E-state index contributed by atoms with van der Waals surface area (Å²) in [5, 5.41) is 2.95. The summed E-state index contributed by atoms with van der Waals surface area (Å²) >= 11 is 0. The van der Waals surface area contributed by atoms with Gasteiger partial charge in [-0.3, -0.25) is 4.79 Å². The van der Waals surface area contributed by atoms with Gasteiger partial charge in [-0.15, -0.1) is 0 Å². The van der Waals surface area contributed by atoms with E-state index in [0.717, 1.165) is 29.0 Å². The van der Waals surface area contributed by atoms with Crippen molar-refractivity contribution in [3.8, 4) is 11.5 Å².